The molecule has 2 aromatic carbocycles. The van der Waals surface area contributed by atoms with Crippen LogP contribution in [0.2, 0.25) is 0 Å². The molecule has 0 spiro atoms. The van der Waals surface area contributed by atoms with Crippen LogP contribution in [0.25, 0.3) is 0 Å². The summed E-state index contributed by atoms with van der Waals surface area (Å²) in [6.07, 6.45) is 2.04. The molecule has 7 nitrogen and oxygen atoms in total. The lowest BCUT2D eigenvalue weighted by Gasteiger charge is -2.27. The van der Waals surface area contributed by atoms with E-state index in [-0.39, 0.29) is 30.1 Å². The van der Waals surface area contributed by atoms with E-state index in [2.05, 4.69) is 10.3 Å². The number of halogens is 1. The molecule has 1 aliphatic heterocycles. The Morgan fingerprint density at radius 1 is 1.35 bits per heavy atom. The van der Waals surface area contributed by atoms with Crippen LogP contribution in [0.3, 0.4) is 0 Å². The van der Waals surface area contributed by atoms with Gasteiger partial charge in [0, 0.05) is 6.54 Å². The largest absolute Gasteiger partial charge is 0.485 e. The van der Waals surface area contributed by atoms with Crippen LogP contribution >= 0.6 is 11.3 Å². The number of aliphatic hydroxyl groups excluding tert-OH is 1. The molecule has 0 aliphatic carbocycles. The van der Waals surface area contributed by atoms with Crippen molar-refractivity contribution in [2.45, 2.75) is 25.9 Å². The Kier molecular flexibility index (Phi) is 6.34. The summed E-state index contributed by atoms with van der Waals surface area (Å²) < 4.78 is 30.6. The number of fused-ring (bicyclic) bond motifs is 1. The van der Waals surface area contributed by atoms with Crippen molar-refractivity contribution in [3.05, 3.63) is 65.1 Å². The molecule has 3 aromatic rings. The first-order valence-electron chi connectivity index (χ1n) is 9.77. The Labute approximate surface area is 182 Å². The summed E-state index contributed by atoms with van der Waals surface area (Å²) in [6.45, 7) is 1.89. The van der Waals surface area contributed by atoms with Crippen LogP contribution in [0, 0.1) is 12.7 Å². The zero-order chi connectivity index (χ0) is 21.8. The zero-order valence-corrected chi connectivity index (χ0v) is 17.6. The van der Waals surface area contributed by atoms with Crippen LogP contribution in [0.4, 0.5) is 9.18 Å². The number of rotatable bonds is 6. The number of thiazole rings is 1. The standard InChI is InChI=1S/C22H21FN2O5S/c1-13-2-4-15(23)11-17(13)19-6-3-14-10-16(5-7-18(14)29-19)28-22-25-12-20(31-22)30-21(27)24-8-9-26/h2,4-5,7,10-12,19,26H,3,6,8-9H2,1H3,(H,24,27). The third-order valence-electron chi connectivity index (χ3n) is 4.81. The van der Waals surface area contributed by atoms with E-state index >= 15 is 0 Å². The minimum absolute atomic E-state index is 0.109. The van der Waals surface area contributed by atoms with E-state index in [1.807, 2.05) is 19.1 Å². The maximum Gasteiger partial charge on any atom is 0.413 e. The molecule has 0 saturated heterocycles. The summed E-state index contributed by atoms with van der Waals surface area (Å²) in [5.74, 6) is 1.07. The second-order valence-corrected chi connectivity index (χ2v) is 7.96. The number of aromatic nitrogens is 1. The Morgan fingerprint density at radius 2 is 2.23 bits per heavy atom. The first-order chi connectivity index (χ1) is 15.0. The summed E-state index contributed by atoms with van der Waals surface area (Å²) >= 11 is 1.08. The summed E-state index contributed by atoms with van der Waals surface area (Å²) in [7, 11) is 0. The molecule has 162 valence electrons. The number of hydrogen-bond donors (Lipinski definition) is 2. The van der Waals surface area contributed by atoms with Gasteiger partial charge in [-0.15, -0.1) is 0 Å². The van der Waals surface area contributed by atoms with E-state index in [0.29, 0.717) is 10.9 Å². The number of aliphatic hydroxyl groups is 1. The van der Waals surface area contributed by atoms with E-state index in [9.17, 15) is 9.18 Å². The quantitative estimate of drug-likeness (QED) is 0.581. The van der Waals surface area contributed by atoms with Crippen LogP contribution in [0.15, 0.2) is 42.6 Å². The molecule has 4 rings (SSSR count). The van der Waals surface area contributed by atoms with Crippen LogP contribution in [0.5, 0.6) is 21.8 Å². The zero-order valence-electron chi connectivity index (χ0n) is 16.8. The average molecular weight is 444 g/mol. The molecular weight excluding hydrogens is 423 g/mol. The molecule has 1 unspecified atom stereocenters. The number of hydrogen-bond acceptors (Lipinski definition) is 7. The maximum atomic E-state index is 13.7. The molecule has 1 aromatic heterocycles. The number of carbonyl (C=O) groups is 1. The van der Waals surface area contributed by atoms with Crippen molar-refractivity contribution in [3.8, 4) is 21.8 Å². The van der Waals surface area contributed by atoms with Crippen molar-refractivity contribution >= 4 is 17.4 Å². The van der Waals surface area contributed by atoms with Crippen LogP contribution in [-0.2, 0) is 6.42 Å². The van der Waals surface area contributed by atoms with E-state index in [4.69, 9.17) is 19.3 Å². The van der Waals surface area contributed by atoms with Crippen LogP contribution in [0.1, 0.15) is 29.2 Å². The summed E-state index contributed by atoms with van der Waals surface area (Å²) in [6, 6.07) is 10.3. The van der Waals surface area contributed by atoms with Gasteiger partial charge in [0.05, 0.1) is 12.8 Å². The van der Waals surface area contributed by atoms with Crippen molar-refractivity contribution in [1.82, 2.24) is 10.3 Å². The van der Waals surface area contributed by atoms with Crippen molar-refractivity contribution < 1.29 is 28.5 Å². The monoisotopic (exact) mass is 444 g/mol. The van der Waals surface area contributed by atoms with Gasteiger partial charge in [0.1, 0.15) is 23.4 Å². The average Bonchev–Trinajstić information content (AvgIpc) is 3.20. The van der Waals surface area contributed by atoms with Gasteiger partial charge < -0.3 is 24.6 Å². The fraction of sp³-hybridized carbons (Fsp3) is 0.273. The number of nitrogens with zero attached hydrogens (tertiary/aromatic N) is 1. The van der Waals surface area contributed by atoms with Crippen LogP contribution in [-0.4, -0.2) is 29.3 Å². The number of benzene rings is 2. The number of amides is 1. The number of nitrogens with one attached hydrogen (secondary N) is 1. The molecular formula is C22H21FN2O5S. The molecule has 0 radical (unpaired) electrons. The molecule has 0 bridgehead atoms. The predicted molar refractivity (Wildman–Crippen MR) is 113 cm³/mol. The van der Waals surface area contributed by atoms with Gasteiger partial charge >= 0.3 is 6.09 Å². The molecule has 31 heavy (non-hydrogen) atoms. The van der Waals surface area contributed by atoms with E-state index in [0.717, 1.165) is 46.6 Å². The van der Waals surface area contributed by atoms with E-state index < -0.39 is 6.09 Å². The van der Waals surface area contributed by atoms with Gasteiger partial charge in [-0.25, -0.2) is 14.2 Å². The van der Waals surface area contributed by atoms with Gasteiger partial charge in [-0.3, -0.25) is 0 Å². The second-order valence-electron chi connectivity index (χ2n) is 7.00. The first-order valence-corrected chi connectivity index (χ1v) is 10.6. The lowest BCUT2D eigenvalue weighted by atomic mass is 9.94. The fourth-order valence-corrected chi connectivity index (χ4v) is 3.97. The van der Waals surface area contributed by atoms with E-state index in [1.54, 1.807) is 12.1 Å². The Hall–Kier alpha value is -3.17. The van der Waals surface area contributed by atoms with Crippen molar-refractivity contribution in [2.75, 3.05) is 13.2 Å². The third kappa shape index (κ3) is 5.12. The Bertz CT molecular complexity index is 1090. The number of ether oxygens (including phenoxy) is 3. The lowest BCUT2D eigenvalue weighted by molar-refractivity contribution is 0.175. The van der Waals surface area contributed by atoms with Gasteiger partial charge in [0.15, 0.2) is 0 Å². The SMILES string of the molecule is Cc1ccc(F)cc1C1CCc2cc(Oc3ncc(OC(=O)NCCO)s3)ccc2O1. The highest BCUT2D eigenvalue weighted by molar-refractivity contribution is 7.15. The summed E-state index contributed by atoms with van der Waals surface area (Å²) in [5, 5.41) is 11.7. The first kappa shape index (κ1) is 21.1. The predicted octanol–water partition coefficient (Wildman–Crippen LogP) is 4.53. The lowest BCUT2D eigenvalue weighted by Crippen LogP contribution is -2.29. The molecule has 1 aliphatic rings. The Balaban J connectivity index is 1.41. The van der Waals surface area contributed by atoms with Gasteiger partial charge in [-0.2, -0.15) is 0 Å². The molecule has 0 saturated carbocycles. The normalized spacial score (nSPS) is 15.0. The number of carbonyl (C=O) groups excluding carboxylic acids is 1. The topological polar surface area (TPSA) is 89.9 Å². The molecule has 0 fully saturated rings. The summed E-state index contributed by atoms with van der Waals surface area (Å²) in [4.78, 5) is 15.6. The van der Waals surface area contributed by atoms with E-state index in [1.165, 1.54) is 18.3 Å². The minimum Gasteiger partial charge on any atom is -0.485 e. The molecule has 1 atom stereocenters. The molecule has 2 N–H and O–H groups in total. The van der Waals surface area contributed by atoms with Gasteiger partial charge in [-0.1, -0.05) is 6.07 Å². The van der Waals surface area contributed by atoms with Gasteiger partial charge in [0.25, 0.3) is 5.19 Å². The smallest absolute Gasteiger partial charge is 0.413 e. The van der Waals surface area contributed by atoms with Crippen molar-refractivity contribution in [2.24, 2.45) is 0 Å². The second kappa shape index (κ2) is 9.32. The molecule has 2 heterocycles. The highest BCUT2D eigenvalue weighted by Crippen LogP contribution is 2.39. The fourth-order valence-electron chi connectivity index (χ4n) is 3.33. The summed E-state index contributed by atoms with van der Waals surface area (Å²) in [5.41, 5.74) is 2.87. The minimum atomic E-state index is -0.668. The third-order valence-corrected chi connectivity index (χ3v) is 5.56. The van der Waals surface area contributed by atoms with Crippen molar-refractivity contribution in [3.63, 3.8) is 0 Å². The highest BCUT2D eigenvalue weighted by Gasteiger charge is 2.23. The molecule has 9 heteroatoms. The Morgan fingerprint density at radius 3 is 3.06 bits per heavy atom. The highest BCUT2D eigenvalue weighted by atomic mass is 32.1. The van der Waals surface area contributed by atoms with Gasteiger partial charge in [-0.05, 0) is 78.1 Å². The van der Waals surface area contributed by atoms with Crippen LogP contribution < -0.4 is 19.5 Å². The molecule has 1 amide bonds. The maximum absolute atomic E-state index is 13.7. The van der Waals surface area contributed by atoms with Gasteiger partial charge in [0.2, 0.25) is 5.06 Å². The van der Waals surface area contributed by atoms with Crippen molar-refractivity contribution in [1.29, 1.82) is 0 Å². The number of aryl methyl sites for hydroxylation is 2.